The predicted octanol–water partition coefficient (Wildman–Crippen LogP) is 4.36. The summed E-state index contributed by atoms with van der Waals surface area (Å²) in [5.41, 5.74) is 1.87. The van der Waals surface area contributed by atoms with Gasteiger partial charge in [0.05, 0.1) is 6.61 Å². The van der Waals surface area contributed by atoms with Crippen molar-refractivity contribution in [3.63, 3.8) is 0 Å². The molecule has 0 spiro atoms. The highest BCUT2D eigenvalue weighted by molar-refractivity contribution is 7.07. The maximum absolute atomic E-state index is 12.4. The number of hydrogen-bond acceptors (Lipinski definition) is 3. The number of thiophene rings is 1. The number of amides is 2. The zero-order valence-corrected chi connectivity index (χ0v) is 15.7. The molecule has 0 saturated heterocycles. The van der Waals surface area contributed by atoms with Gasteiger partial charge in [-0.2, -0.15) is 11.3 Å². The van der Waals surface area contributed by atoms with Gasteiger partial charge in [-0.1, -0.05) is 36.2 Å². The molecule has 4 nitrogen and oxygen atoms in total. The lowest BCUT2D eigenvalue weighted by Crippen LogP contribution is -2.42. The van der Waals surface area contributed by atoms with E-state index in [9.17, 15) is 9.90 Å². The number of halogens is 2. The molecule has 1 unspecified atom stereocenters. The van der Waals surface area contributed by atoms with Crippen molar-refractivity contribution in [3.8, 4) is 0 Å². The third-order valence-electron chi connectivity index (χ3n) is 3.66. The highest BCUT2D eigenvalue weighted by Gasteiger charge is 2.17. The largest absolute Gasteiger partial charge is 0.395 e. The average molecular weight is 387 g/mol. The average Bonchev–Trinajstić information content (AvgIpc) is 3.05. The van der Waals surface area contributed by atoms with Gasteiger partial charge in [-0.25, -0.2) is 4.79 Å². The van der Waals surface area contributed by atoms with Crippen LogP contribution in [0, 0.1) is 0 Å². The molecule has 0 radical (unpaired) electrons. The van der Waals surface area contributed by atoms with Crippen LogP contribution in [0.5, 0.6) is 0 Å². The third-order valence-corrected chi connectivity index (χ3v) is 5.05. The lowest BCUT2D eigenvalue weighted by molar-refractivity contribution is 0.174. The van der Waals surface area contributed by atoms with Gasteiger partial charge < -0.3 is 15.3 Å². The van der Waals surface area contributed by atoms with E-state index in [1.165, 1.54) is 0 Å². The van der Waals surface area contributed by atoms with Crippen molar-refractivity contribution in [2.75, 3.05) is 19.7 Å². The Balaban J connectivity index is 1.97. The van der Waals surface area contributed by atoms with E-state index in [0.717, 1.165) is 11.1 Å². The van der Waals surface area contributed by atoms with Gasteiger partial charge >= 0.3 is 6.03 Å². The van der Waals surface area contributed by atoms with E-state index in [1.807, 2.05) is 23.8 Å². The second-order valence-corrected chi connectivity index (χ2v) is 7.09. The Kier molecular flexibility index (Phi) is 7.37. The Bertz CT molecular complexity index is 644. The molecule has 0 bridgehead atoms. The number of nitrogens with one attached hydrogen (secondary N) is 1. The highest BCUT2D eigenvalue weighted by atomic mass is 35.5. The summed E-state index contributed by atoms with van der Waals surface area (Å²) in [5.74, 6) is -0.0210. The summed E-state index contributed by atoms with van der Waals surface area (Å²) in [6.07, 6.45) is 0. The van der Waals surface area contributed by atoms with E-state index in [-0.39, 0.29) is 25.1 Å². The third kappa shape index (κ3) is 5.11. The predicted molar refractivity (Wildman–Crippen MR) is 100 cm³/mol. The number of carbonyl (C=O) groups is 1. The molecule has 2 amide bonds. The van der Waals surface area contributed by atoms with E-state index < -0.39 is 0 Å². The Hall–Kier alpha value is -1.27. The van der Waals surface area contributed by atoms with E-state index >= 15 is 0 Å². The highest BCUT2D eigenvalue weighted by Crippen LogP contribution is 2.30. The maximum atomic E-state index is 12.4. The van der Waals surface area contributed by atoms with Crippen LogP contribution in [0.4, 0.5) is 4.79 Å². The number of aliphatic hydroxyl groups excluding tert-OH is 1. The summed E-state index contributed by atoms with van der Waals surface area (Å²) < 4.78 is 0. The van der Waals surface area contributed by atoms with Gasteiger partial charge in [-0.05, 0) is 40.1 Å². The number of benzene rings is 1. The van der Waals surface area contributed by atoms with Crippen molar-refractivity contribution >= 4 is 40.6 Å². The van der Waals surface area contributed by atoms with Gasteiger partial charge in [0.1, 0.15) is 0 Å². The zero-order valence-electron chi connectivity index (χ0n) is 13.3. The molecule has 1 heterocycles. The molecule has 2 aromatic rings. The van der Waals surface area contributed by atoms with Gasteiger partial charge in [-0.15, -0.1) is 0 Å². The van der Waals surface area contributed by atoms with Crippen LogP contribution in [0.15, 0.2) is 35.0 Å². The minimum absolute atomic E-state index is 0.0210. The first kappa shape index (κ1) is 19.1. The number of aliphatic hydroxyl groups is 1. The van der Waals surface area contributed by atoms with Crippen LogP contribution >= 0.6 is 34.5 Å². The van der Waals surface area contributed by atoms with Crippen molar-refractivity contribution in [3.05, 3.63) is 56.2 Å². The summed E-state index contributed by atoms with van der Waals surface area (Å²) in [6.45, 7) is 3.04. The maximum Gasteiger partial charge on any atom is 0.317 e. The van der Waals surface area contributed by atoms with Gasteiger partial charge in [0.2, 0.25) is 0 Å². The second-order valence-electron chi connectivity index (χ2n) is 5.50. The van der Waals surface area contributed by atoms with Crippen molar-refractivity contribution in [1.82, 2.24) is 10.2 Å². The summed E-state index contributed by atoms with van der Waals surface area (Å²) >= 11 is 14.0. The Morgan fingerprint density at radius 1 is 1.33 bits per heavy atom. The van der Waals surface area contributed by atoms with Crippen molar-refractivity contribution in [2.45, 2.75) is 19.4 Å². The molecule has 1 aromatic carbocycles. The van der Waals surface area contributed by atoms with Crippen LogP contribution in [0.1, 0.15) is 24.0 Å². The molecular formula is C17H20Cl2N2O2S. The molecule has 2 rings (SSSR count). The first-order valence-electron chi connectivity index (χ1n) is 7.61. The number of nitrogens with zero attached hydrogens (tertiary/aromatic N) is 1. The molecule has 1 atom stereocenters. The van der Waals surface area contributed by atoms with Gasteiger partial charge in [0.25, 0.3) is 0 Å². The molecule has 0 fully saturated rings. The van der Waals surface area contributed by atoms with Gasteiger partial charge in [0, 0.05) is 35.6 Å². The topological polar surface area (TPSA) is 52.6 Å². The molecule has 0 saturated carbocycles. The fourth-order valence-electron chi connectivity index (χ4n) is 2.41. The molecule has 0 aliphatic rings. The molecule has 1 aromatic heterocycles. The second kappa shape index (κ2) is 9.28. The van der Waals surface area contributed by atoms with Crippen LogP contribution < -0.4 is 5.32 Å². The van der Waals surface area contributed by atoms with E-state index in [4.69, 9.17) is 23.2 Å². The minimum Gasteiger partial charge on any atom is -0.395 e. The smallest absolute Gasteiger partial charge is 0.317 e. The first-order chi connectivity index (χ1) is 11.5. The fourth-order valence-corrected chi connectivity index (χ4v) is 3.84. The van der Waals surface area contributed by atoms with Crippen molar-refractivity contribution < 1.29 is 9.90 Å². The normalized spacial score (nSPS) is 12.0. The molecular weight excluding hydrogens is 367 g/mol. The lowest BCUT2D eigenvalue weighted by atomic mass is 10.0. The Morgan fingerprint density at radius 3 is 2.62 bits per heavy atom. The number of hydrogen-bond donors (Lipinski definition) is 2. The SMILES string of the molecule is CC(CNC(=O)N(CCO)Cc1ccsc1)c1c(Cl)cccc1Cl. The zero-order chi connectivity index (χ0) is 17.5. The van der Waals surface area contributed by atoms with Crippen LogP contribution in [-0.4, -0.2) is 35.7 Å². The van der Waals surface area contributed by atoms with Crippen molar-refractivity contribution in [1.29, 1.82) is 0 Å². The standard InChI is InChI=1S/C17H20Cl2N2O2S/c1-12(16-14(18)3-2-4-15(16)19)9-20-17(23)21(6-7-22)10-13-5-8-24-11-13/h2-5,8,11-12,22H,6-7,9-10H2,1H3,(H,20,23). The summed E-state index contributed by atoms with van der Waals surface area (Å²) in [7, 11) is 0. The van der Waals surface area contributed by atoms with E-state index in [0.29, 0.717) is 23.1 Å². The van der Waals surface area contributed by atoms with Crippen LogP contribution in [0.25, 0.3) is 0 Å². The monoisotopic (exact) mass is 386 g/mol. The van der Waals surface area contributed by atoms with Crippen LogP contribution in [0.3, 0.4) is 0 Å². The number of carbonyl (C=O) groups excluding carboxylic acids is 1. The van der Waals surface area contributed by atoms with Crippen LogP contribution in [0.2, 0.25) is 10.0 Å². The summed E-state index contributed by atoms with van der Waals surface area (Å²) in [5, 5.41) is 17.2. The minimum atomic E-state index is -0.217. The van der Waals surface area contributed by atoms with E-state index in [2.05, 4.69) is 5.32 Å². The fraction of sp³-hybridized carbons (Fsp3) is 0.353. The van der Waals surface area contributed by atoms with Crippen molar-refractivity contribution in [2.24, 2.45) is 0 Å². The quantitative estimate of drug-likeness (QED) is 0.742. The van der Waals surface area contributed by atoms with Crippen LogP contribution in [-0.2, 0) is 6.54 Å². The lowest BCUT2D eigenvalue weighted by Gasteiger charge is -2.23. The van der Waals surface area contributed by atoms with Gasteiger partial charge in [-0.3, -0.25) is 0 Å². The molecule has 2 N–H and O–H groups in total. The number of rotatable bonds is 7. The Labute approximate surface area is 156 Å². The first-order valence-corrected chi connectivity index (χ1v) is 9.31. The molecule has 24 heavy (non-hydrogen) atoms. The molecule has 0 aliphatic heterocycles. The summed E-state index contributed by atoms with van der Waals surface area (Å²) in [4.78, 5) is 14.0. The van der Waals surface area contributed by atoms with Gasteiger partial charge in [0.15, 0.2) is 0 Å². The van der Waals surface area contributed by atoms with E-state index in [1.54, 1.807) is 34.4 Å². The number of urea groups is 1. The molecule has 7 heteroatoms. The Morgan fingerprint density at radius 2 is 2.04 bits per heavy atom. The molecule has 130 valence electrons. The summed E-state index contributed by atoms with van der Waals surface area (Å²) in [6, 6.07) is 7.12. The molecule has 0 aliphatic carbocycles.